The van der Waals surface area contributed by atoms with Crippen molar-refractivity contribution in [3.8, 4) is 0 Å². The minimum absolute atomic E-state index is 0.262. The third-order valence-electron chi connectivity index (χ3n) is 8.60. The fourth-order valence-electron chi connectivity index (χ4n) is 5.51. The summed E-state index contributed by atoms with van der Waals surface area (Å²) < 4.78 is 27.4. The van der Waals surface area contributed by atoms with Gasteiger partial charge < -0.3 is 14.2 Å². The van der Waals surface area contributed by atoms with Crippen LogP contribution < -0.4 is 15.7 Å². The lowest BCUT2D eigenvalue weighted by Crippen LogP contribution is -2.41. The molecule has 1 atom stereocenters. The molecule has 2 aromatic rings. The van der Waals surface area contributed by atoms with Gasteiger partial charge in [0, 0.05) is 19.5 Å². The van der Waals surface area contributed by atoms with Crippen molar-refractivity contribution < 1.29 is 23.3 Å². The number of anilines is 1. The second kappa shape index (κ2) is 9.88. The number of nitrogens with zero attached hydrogens (tertiary/aromatic N) is 1. The molecule has 3 aliphatic heterocycles. The standard InChI is InChI=1S/C29H36BFN2O4/c1-28(2)29(3,4)37-30(36-28)22-8-5-19(6-9-22)17-20-13-15-33(16-14-20)25-11-7-21(18-24(25)31)23-10-12-26(34)32-27(23)35/h5-9,11,18,20,23H,10,12-17H2,1-4H3,(H,32,34,35). The zero-order valence-corrected chi connectivity index (χ0v) is 22.2. The van der Waals surface area contributed by atoms with Crippen LogP contribution in [0.3, 0.4) is 0 Å². The number of hydrogen-bond donors (Lipinski definition) is 1. The normalized spacial score (nSPS) is 23.9. The Labute approximate surface area is 219 Å². The van der Waals surface area contributed by atoms with Crippen molar-refractivity contribution in [3.05, 3.63) is 59.4 Å². The van der Waals surface area contributed by atoms with Gasteiger partial charge in [0.1, 0.15) is 5.82 Å². The van der Waals surface area contributed by atoms with E-state index in [0.29, 0.717) is 23.6 Å². The van der Waals surface area contributed by atoms with Crippen molar-refractivity contribution in [2.45, 2.75) is 76.9 Å². The minimum atomic E-state index is -0.469. The monoisotopic (exact) mass is 506 g/mol. The van der Waals surface area contributed by atoms with Gasteiger partial charge in [0.2, 0.25) is 11.8 Å². The number of halogens is 1. The third-order valence-corrected chi connectivity index (χ3v) is 8.60. The van der Waals surface area contributed by atoms with E-state index in [9.17, 15) is 9.59 Å². The van der Waals surface area contributed by atoms with Crippen LogP contribution in [0.2, 0.25) is 0 Å². The lowest BCUT2D eigenvalue weighted by molar-refractivity contribution is -0.134. The summed E-state index contributed by atoms with van der Waals surface area (Å²) in [5.41, 5.74) is 2.84. The zero-order chi connectivity index (χ0) is 26.4. The molecule has 0 aliphatic carbocycles. The van der Waals surface area contributed by atoms with Crippen LogP contribution in [-0.4, -0.2) is 43.2 Å². The largest absolute Gasteiger partial charge is 0.494 e. The van der Waals surface area contributed by atoms with Gasteiger partial charge in [-0.15, -0.1) is 0 Å². The predicted octanol–water partition coefficient (Wildman–Crippen LogP) is 4.10. The Bertz CT molecular complexity index is 1160. The van der Waals surface area contributed by atoms with Gasteiger partial charge in [-0.2, -0.15) is 0 Å². The Morgan fingerprint density at radius 3 is 2.22 bits per heavy atom. The Balaban J connectivity index is 1.15. The topological polar surface area (TPSA) is 67.9 Å². The highest BCUT2D eigenvalue weighted by molar-refractivity contribution is 6.62. The van der Waals surface area contributed by atoms with Gasteiger partial charge in [-0.05, 0) is 88.0 Å². The number of rotatable bonds is 5. The first-order valence-corrected chi connectivity index (χ1v) is 13.3. The van der Waals surface area contributed by atoms with E-state index in [1.807, 2.05) is 6.07 Å². The van der Waals surface area contributed by atoms with Gasteiger partial charge in [-0.25, -0.2) is 4.39 Å². The van der Waals surface area contributed by atoms with Crippen LogP contribution in [0.5, 0.6) is 0 Å². The molecule has 3 heterocycles. The number of nitrogens with one attached hydrogen (secondary N) is 1. The second-order valence-electron chi connectivity index (χ2n) is 11.7. The highest BCUT2D eigenvalue weighted by Gasteiger charge is 2.51. The first kappa shape index (κ1) is 25.9. The Morgan fingerprint density at radius 1 is 0.973 bits per heavy atom. The van der Waals surface area contributed by atoms with Gasteiger partial charge in [0.25, 0.3) is 0 Å². The van der Waals surface area contributed by atoms with Gasteiger partial charge >= 0.3 is 7.12 Å². The van der Waals surface area contributed by atoms with E-state index in [2.05, 4.69) is 62.2 Å². The average molecular weight is 506 g/mol. The molecule has 1 N–H and O–H groups in total. The summed E-state index contributed by atoms with van der Waals surface area (Å²) >= 11 is 0. The highest BCUT2D eigenvalue weighted by atomic mass is 19.1. The zero-order valence-electron chi connectivity index (χ0n) is 22.2. The summed E-state index contributed by atoms with van der Waals surface area (Å²) in [4.78, 5) is 25.7. The number of benzene rings is 2. The van der Waals surface area contributed by atoms with Crippen molar-refractivity contribution in [2.75, 3.05) is 18.0 Å². The summed E-state index contributed by atoms with van der Waals surface area (Å²) in [6, 6.07) is 13.6. The molecule has 3 saturated heterocycles. The Kier molecular flexibility index (Phi) is 6.92. The fraction of sp³-hybridized carbons (Fsp3) is 0.517. The second-order valence-corrected chi connectivity index (χ2v) is 11.7. The summed E-state index contributed by atoms with van der Waals surface area (Å²) in [5, 5.41) is 2.35. The van der Waals surface area contributed by atoms with Crippen LogP contribution in [-0.2, 0) is 25.3 Å². The van der Waals surface area contributed by atoms with E-state index < -0.39 is 5.92 Å². The molecule has 8 heteroatoms. The molecule has 37 heavy (non-hydrogen) atoms. The van der Waals surface area contributed by atoms with Crippen molar-refractivity contribution >= 4 is 30.1 Å². The minimum Gasteiger partial charge on any atom is -0.399 e. The molecule has 3 aliphatic rings. The molecule has 5 rings (SSSR count). The van der Waals surface area contributed by atoms with E-state index >= 15 is 4.39 Å². The summed E-state index contributed by atoms with van der Waals surface area (Å²) in [7, 11) is -0.349. The Hall–Kier alpha value is -2.71. The molecular weight excluding hydrogens is 470 g/mol. The van der Waals surface area contributed by atoms with Crippen molar-refractivity contribution in [1.29, 1.82) is 0 Å². The van der Waals surface area contributed by atoms with Crippen molar-refractivity contribution in [2.24, 2.45) is 5.92 Å². The van der Waals surface area contributed by atoms with Crippen LogP contribution in [0.25, 0.3) is 0 Å². The molecule has 3 fully saturated rings. The molecule has 1 unspecified atom stereocenters. The molecule has 0 spiro atoms. The molecular formula is C29H36BFN2O4. The first-order chi connectivity index (χ1) is 17.5. The van der Waals surface area contributed by atoms with Crippen LogP contribution in [0.4, 0.5) is 10.1 Å². The summed E-state index contributed by atoms with van der Waals surface area (Å²) in [5.74, 6) is -0.831. The lowest BCUT2D eigenvalue weighted by Gasteiger charge is -2.34. The number of amides is 2. The number of hydrogen-bond acceptors (Lipinski definition) is 5. The van der Waals surface area contributed by atoms with Gasteiger partial charge in [-0.1, -0.05) is 30.3 Å². The number of piperidine rings is 2. The summed E-state index contributed by atoms with van der Waals surface area (Å²) in [6.07, 6.45) is 3.69. The van der Waals surface area contributed by atoms with Crippen LogP contribution in [0.1, 0.15) is 70.4 Å². The van der Waals surface area contributed by atoms with E-state index in [4.69, 9.17) is 9.31 Å². The van der Waals surface area contributed by atoms with Gasteiger partial charge in [0.15, 0.2) is 0 Å². The molecule has 2 amide bonds. The van der Waals surface area contributed by atoms with E-state index in [0.717, 1.165) is 37.8 Å². The quantitative estimate of drug-likeness (QED) is 0.489. The lowest BCUT2D eigenvalue weighted by atomic mass is 9.78. The van der Waals surface area contributed by atoms with E-state index in [1.54, 1.807) is 6.07 Å². The fourth-order valence-corrected chi connectivity index (χ4v) is 5.51. The number of carbonyl (C=O) groups is 2. The summed E-state index contributed by atoms with van der Waals surface area (Å²) in [6.45, 7) is 9.84. The maximum atomic E-state index is 15.0. The van der Waals surface area contributed by atoms with Crippen molar-refractivity contribution in [1.82, 2.24) is 5.32 Å². The number of imide groups is 1. The van der Waals surface area contributed by atoms with Crippen LogP contribution in [0.15, 0.2) is 42.5 Å². The van der Waals surface area contributed by atoms with E-state index in [1.165, 1.54) is 11.6 Å². The molecule has 0 saturated carbocycles. The van der Waals surface area contributed by atoms with Gasteiger partial charge in [-0.3, -0.25) is 14.9 Å². The molecule has 0 aromatic heterocycles. The highest BCUT2D eigenvalue weighted by Crippen LogP contribution is 2.36. The molecule has 0 bridgehead atoms. The predicted molar refractivity (Wildman–Crippen MR) is 142 cm³/mol. The maximum absolute atomic E-state index is 15.0. The maximum Gasteiger partial charge on any atom is 0.494 e. The first-order valence-electron chi connectivity index (χ1n) is 13.3. The average Bonchev–Trinajstić information content (AvgIpc) is 3.07. The molecule has 0 radical (unpaired) electrons. The van der Waals surface area contributed by atoms with Crippen molar-refractivity contribution in [3.63, 3.8) is 0 Å². The van der Waals surface area contributed by atoms with Gasteiger partial charge in [0.05, 0.1) is 22.8 Å². The van der Waals surface area contributed by atoms with Crippen LogP contribution in [0, 0.1) is 11.7 Å². The smallest absolute Gasteiger partial charge is 0.399 e. The SMILES string of the molecule is CC1(C)OB(c2ccc(CC3CCN(c4ccc(C5CCC(=O)NC5=O)cc4F)CC3)cc2)OC1(C)C. The Morgan fingerprint density at radius 2 is 1.62 bits per heavy atom. The molecule has 196 valence electrons. The molecule has 6 nitrogen and oxygen atoms in total. The molecule has 2 aromatic carbocycles. The number of carbonyl (C=O) groups excluding carboxylic acids is 2. The van der Waals surface area contributed by atoms with Crippen LogP contribution >= 0.6 is 0 Å². The van der Waals surface area contributed by atoms with E-state index in [-0.39, 0.29) is 42.4 Å². The third kappa shape index (κ3) is 5.32.